The fraction of sp³-hybridized carbons (Fsp3) is 1.00. The number of hydrogen-bond acceptors (Lipinski definition) is 2. The Balaban J connectivity index is 4.63. The fourth-order valence-electron chi connectivity index (χ4n) is 1.71. The second kappa shape index (κ2) is 5.31. The van der Waals surface area contributed by atoms with Gasteiger partial charge in [0, 0.05) is 5.41 Å². The van der Waals surface area contributed by atoms with Gasteiger partial charge in [-0.1, -0.05) is 34.1 Å². The summed E-state index contributed by atoms with van der Waals surface area (Å²) in [5.74, 6) is 0.412. The summed E-state index contributed by atoms with van der Waals surface area (Å²) in [6.45, 7) is 14.5. The zero-order valence-corrected chi connectivity index (χ0v) is 11.4. The lowest BCUT2D eigenvalue weighted by atomic mass is 9.75. The lowest BCUT2D eigenvalue weighted by molar-refractivity contribution is -0.232. The van der Waals surface area contributed by atoms with Gasteiger partial charge in [-0.25, -0.2) is 0 Å². The summed E-state index contributed by atoms with van der Waals surface area (Å²) < 4.78 is 5.67. The maximum absolute atomic E-state index is 10.2. The van der Waals surface area contributed by atoms with E-state index in [1.54, 1.807) is 0 Å². The van der Waals surface area contributed by atoms with E-state index in [1.165, 1.54) is 0 Å². The molecule has 0 heterocycles. The van der Waals surface area contributed by atoms with Gasteiger partial charge in [0.2, 0.25) is 0 Å². The molecule has 2 atom stereocenters. The number of aliphatic hydroxyl groups excluding tert-OH is 1. The van der Waals surface area contributed by atoms with E-state index >= 15 is 0 Å². The van der Waals surface area contributed by atoms with Crippen LogP contribution in [0.2, 0.25) is 0 Å². The Morgan fingerprint density at radius 1 is 1.13 bits per heavy atom. The summed E-state index contributed by atoms with van der Waals surface area (Å²) >= 11 is 0. The fourth-order valence-corrected chi connectivity index (χ4v) is 1.71. The molecule has 0 spiro atoms. The molecule has 92 valence electrons. The Hall–Kier alpha value is -0.0800. The van der Waals surface area contributed by atoms with Crippen LogP contribution in [0.1, 0.15) is 61.3 Å². The van der Waals surface area contributed by atoms with Crippen molar-refractivity contribution < 1.29 is 9.84 Å². The van der Waals surface area contributed by atoms with Crippen LogP contribution in [0.4, 0.5) is 0 Å². The molecule has 1 N–H and O–H groups in total. The Morgan fingerprint density at radius 3 is 1.87 bits per heavy atom. The molecule has 0 amide bonds. The van der Waals surface area contributed by atoms with E-state index in [-0.39, 0.29) is 11.0 Å². The molecule has 0 aliphatic rings. The molecule has 0 rings (SSSR count). The number of hydrogen-bond donors (Lipinski definition) is 1. The van der Waals surface area contributed by atoms with Crippen molar-refractivity contribution in [1.82, 2.24) is 0 Å². The van der Waals surface area contributed by atoms with Crippen LogP contribution < -0.4 is 0 Å². The van der Waals surface area contributed by atoms with Gasteiger partial charge in [0.05, 0.1) is 5.60 Å². The summed E-state index contributed by atoms with van der Waals surface area (Å²) in [5.41, 5.74) is -0.439. The van der Waals surface area contributed by atoms with Crippen molar-refractivity contribution >= 4 is 0 Å². The molecule has 2 nitrogen and oxygen atoms in total. The minimum Gasteiger partial charge on any atom is -0.367 e. The molecular weight excluding hydrogens is 188 g/mol. The molecule has 2 unspecified atom stereocenters. The van der Waals surface area contributed by atoms with E-state index < -0.39 is 6.29 Å². The molecule has 0 aromatic carbocycles. The SMILES string of the molecule is CCCC(C)(C(C)C)C(O)OC(C)(C)C. The summed E-state index contributed by atoms with van der Waals surface area (Å²) in [7, 11) is 0. The van der Waals surface area contributed by atoms with Crippen molar-refractivity contribution in [3.05, 3.63) is 0 Å². The summed E-state index contributed by atoms with van der Waals surface area (Å²) in [6.07, 6.45) is 1.37. The zero-order chi connectivity index (χ0) is 12.3. The van der Waals surface area contributed by atoms with Crippen LogP contribution >= 0.6 is 0 Å². The molecule has 2 heteroatoms. The Bertz CT molecular complexity index is 181. The molecule has 0 aromatic heterocycles. The topological polar surface area (TPSA) is 29.5 Å². The van der Waals surface area contributed by atoms with Crippen molar-refractivity contribution in [2.24, 2.45) is 11.3 Å². The molecule has 0 saturated carbocycles. The molecular formula is C13H28O2. The first-order valence-corrected chi connectivity index (χ1v) is 5.99. The van der Waals surface area contributed by atoms with Crippen molar-refractivity contribution in [2.45, 2.75) is 73.2 Å². The van der Waals surface area contributed by atoms with Crippen LogP contribution in [0.5, 0.6) is 0 Å². The zero-order valence-electron chi connectivity index (χ0n) is 11.4. The molecule has 0 aromatic rings. The normalized spacial score (nSPS) is 19.0. The minimum atomic E-state index is -0.683. The Labute approximate surface area is 95.0 Å². The largest absolute Gasteiger partial charge is 0.367 e. The highest BCUT2D eigenvalue weighted by Gasteiger charge is 2.38. The first-order valence-electron chi connectivity index (χ1n) is 5.99. The third-order valence-corrected chi connectivity index (χ3v) is 3.14. The highest BCUT2D eigenvalue weighted by atomic mass is 16.6. The van der Waals surface area contributed by atoms with Gasteiger partial charge in [0.25, 0.3) is 0 Å². The van der Waals surface area contributed by atoms with Gasteiger partial charge in [-0.2, -0.15) is 0 Å². The van der Waals surface area contributed by atoms with Crippen molar-refractivity contribution in [3.63, 3.8) is 0 Å². The van der Waals surface area contributed by atoms with Gasteiger partial charge in [0.1, 0.15) is 0 Å². The Morgan fingerprint density at radius 2 is 1.60 bits per heavy atom. The van der Waals surface area contributed by atoms with E-state index in [0.29, 0.717) is 5.92 Å². The van der Waals surface area contributed by atoms with Crippen LogP contribution in [0, 0.1) is 11.3 Å². The summed E-state index contributed by atoms with van der Waals surface area (Å²) in [6, 6.07) is 0. The van der Waals surface area contributed by atoms with E-state index in [4.69, 9.17) is 4.74 Å². The molecule has 0 aliphatic heterocycles. The predicted octanol–water partition coefficient (Wildman–Crippen LogP) is 3.58. The Kier molecular flexibility index (Phi) is 5.28. The van der Waals surface area contributed by atoms with Gasteiger partial charge >= 0.3 is 0 Å². The molecule has 0 saturated heterocycles. The second-order valence-corrected chi connectivity index (χ2v) is 5.99. The lowest BCUT2D eigenvalue weighted by Gasteiger charge is -2.40. The third-order valence-electron chi connectivity index (χ3n) is 3.14. The minimum absolute atomic E-state index is 0.151. The van der Waals surface area contributed by atoms with E-state index in [9.17, 15) is 5.11 Å². The first-order chi connectivity index (χ1) is 6.63. The van der Waals surface area contributed by atoms with Crippen molar-refractivity contribution in [2.75, 3.05) is 0 Å². The molecule has 0 aliphatic carbocycles. The van der Waals surface area contributed by atoms with Crippen LogP contribution in [0.3, 0.4) is 0 Å². The highest BCUT2D eigenvalue weighted by Crippen LogP contribution is 2.38. The van der Waals surface area contributed by atoms with Gasteiger partial charge < -0.3 is 9.84 Å². The maximum Gasteiger partial charge on any atom is 0.160 e. The van der Waals surface area contributed by atoms with E-state index in [2.05, 4.69) is 27.7 Å². The van der Waals surface area contributed by atoms with Crippen molar-refractivity contribution in [1.29, 1.82) is 0 Å². The van der Waals surface area contributed by atoms with Gasteiger partial charge in [-0.05, 0) is 33.1 Å². The number of aliphatic hydroxyl groups is 1. The third kappa shape index (κ3) is 4.52. The number of rotatable bonds is 5. The van der Waals surface area contributed by atoms with E-state index in [0.717, 1.165) is 12.8 Å². The van der Waals surface area contributed by atoms with Gasteiger partial charge in [-0.15, -0.1) is 0 Å². The van der Waals surface area contributed by atoms with Crippen LogP contribution in [0.25, 0.3) is 0 Å². The monoisotopic (exact) mass is 216 g/mol. The molecule has 0 radical (unpaired) electrons. The van der Waals surface area contributed by atoms with Crippen LogP contribution in [-0.2, 0) is 4.74 Å². The quantitative estimate of drug-likeness (QED) is 0.712. The average Bonchev–Trinajstić information content (AvgIpc) is 2.00. The van der Waals surface area contributed by atoms with Crippen LogP contribution in [-0.4, -0.2) is 17.0 Å². The standard InChI is InChI=1S/C13H28O2/c1-8-9-13(7,10(2)3)11(14)15-12(4,5)6/h10-11,14H,8-9H2,1-7H3. The van der Waals surface area contributed by atoms with Gasteiger partial charge in [-0.3, -0.25) is 0 Å². The van der Waals surface area contributed by atoms with E-state index in [1.807, 2.05) is 20.8 Å². The average molecular weight is 216 g/mol. The molecule has 15 heavy (non-hydrogen) atoms. The number of ether oxygens (including phenoxy) is 1. The second-order valence-electron chi connectivity index (χ2n) is 5.99. The van der Waals surface area contributed by atoms with Crippen LogP contribution in [0.15, 0.2) is 0 Å². The smallest absolute Gasteiger partial charge is 0.160 e. The summed E-state index contributed by atoms with van der Waals surface area (Å²) in [4.78, 5) is 0. The highest BCUT2D eigenvalue weighted by molar-refractivity contribution is 4.81. The maximum atomic E-state index is 10.2. The molecule has 0 fully saturated rings. The summed E-state index contributed by atoms with van der Waals surface area (Å²) in [5, 5.41) is 10.2. The van der Waals surface area contributed by atoms with Gasteiger partial charge in [0.15, 0.2) is 6.29 Å². The first kappa shape index (κ1) is 14.9. The van der Waals surface area contributed by atoms with Crippen molar-refractivity contribution in [3.8, 4) is 0 Å². The molecule has 0 bridgehead atoms. The predicted molar refractivity (Wildman–Crippen MR) is 64.7 cm³/mol. The lowest BCUT2D eigenvalue weighted by Crippen LogP contribution is -2.43.